The molecular weight excluding hydrogens is 216 g/mol. The van der Waals surface area contributed by atoms with Crippen LogP contribution < -0.4 is 5.32 Å². The van der Waals surface area contributed by atoms with E-state index in [-0.39, 0.29) is 6.10 Å². The molecule has 17 heavy (non-hydrogen) atoms. The van der Waals surface area contributed by atoms with Crippen LogP contribution in [0.15, 0.2) is 18.5 Å². The van der Waals surface area contributed by atoms with Crippen molar-refractivity contribution in [2.45, 2.75) is 26.5 Å². The second-order valence-corrected chi connectivity index (χ2v) is 4.11. The topological polar surface area (TPSA) is 53.3 Å². The maximum atomic E-state index is 9.81. The highest BCUT2D eigenvalue weighted by Gasteiger charge is 2.07. The monoisotopic (exact) mass is 240 g/mol. The lowest BCUT2D eigenvalue weighted by molar-refractivity contribution is 0.116. The molecule has 0 aliphatic rings. The highest BCUT2D eigenvalue weighted by molar-refractivity contribution is 4.77. The van der Waals surface area contributed by atoms with E-state index >= 15 is 0 Å². The van der Waals surface area contributed by atoms with Crippen LogP contribution in [0.2, 0.25) is 0 Å². The van der Waals surface area contributed by atoms with Gasteiger partial charge in [-0.15, -0.1) is 0 Å². The molecule has 5 nitrogen and oxygen atoms in total. The van der Waals surface area contributed by atoms with E-state index in [4.69, 9.17) is 0 Å². The first kappa shape index (κ1) is 14.2. The Morgan fingerprint density at radius 2 is 2.18 bits per heavy atom. The lowest BCUT2D eigenvalue weighted by Gasteiger charge is -2.22. The van der Waals surface area contributed by atoms with E-state index in [0.717, 1.165) is 32.7 Å². The van der Waals surface area contributed by atoms with Gasteiger partial charge in [0.05, 0.1) is 12.6 Å². The fourth-order valence-corrected chi connectivity index (χ4v) is 1.74. The number of rotatable bonds is 9. The molecule has 0 saturated carbocycles. The van der Waals surface area contributed by atoms with E-state index < -0.39 is 0 Å². The molecule has 1 aromatic heterocycles. The van der Waals surface area contributed by atoms with Crippen molar-refractivity contribution in [2.24, 2.45) is 0 Å². The number of nitrogens with one attached hydrogen (secondary N) is 1. The first-order valence-corrected chi connectivity index (χ1v) is 6.34. The molecular formula is C12H24N4O. The van der Waals surface area contributed by atoms with Crippen LogP contribution in [0.3, 0.4) is 0 Å². The summed E-state index contributed by atoms with van der Waals surface area (Å²) in [7, 11) is 0. The molecule has 0 bridgehead atoms. The molecule has 0 aromatic carbocycles. The smallest absolute Gasteiger partial charge is 0.0791 e. The number of aromatic nitrogens is 2. The number of hydrogen-bond donors (Lipinski definition) is 2. The van der Waals surface area contributed by atoms with Gasteiger partial charge in [-0.25, -0.2) is 0 Å². The Hall–Kier alpha value is -0.910. The molecule has 5 heteroatoms. The van der Waals surface area contributed by atoms with Gasteiger partial charge in [-0.3, -0.25) is 4.68 Å². The second kappa shape index (κ2) is 8.22. The van der Waals surface area contributed by atoms with E-state index in [9.17, 15) is 5.11 Å². The summed E-state index contributed by atoms with van der Waals surface area (Å²) in [5.74, 6) is 0. The van der Waals surface area contributed by atoms with Crippen molar-refractivity contribution in [3.8, 4) is 0 Å². The van der Waals surface area contributed by atoms with Crippen LogP contribution in [-0.4, -0.2) is 58.6 Å². The summed E-state index contributed by atoms with van der Waals surface area (Å²) in [5, 5.41) is 17.2. The summed E-state index contributed by atoms with van der Waals surface area (Å²) >= 11 is 0. The van der Waals surface area contributed by atoms with Crippen molar-refractivity contribution in [3.63, 3.8) is 0 Å². The Morgan fingerprint density at radius 1 is 1.41 bits per heavy atom. The third kappa shape index (κ3) is 5.81. The summed E-state index contributed by atoms with van der Waals surface area (Å²) in [6.07, 6.45) is 3.41. The van der Waals surface area contributed by atoms with Crippen LogP contribution in [0.4, 0.5) is 0 Å². The summed E-state index contributed by atoms with van der Waals surface area (Å²) in [6, 6.07) is 1.91. The van der Waals surface area contributed by atoms with Crippen LogP contribution in [0.1, 0.15) is 13.8 Å². The Balaban J connectivity index is 2.05. The predicted molar refractivity (Wildman–Crippen MR) is 68.9 cm³/mol. The fourth-order valence-electron chi connectivity index (χ4n) is 1.74. The molecule has 0 amide bonds. The number of nitrogens with zero attached hydrogens (tertiary/aromatic N) is 3. The van der Waals surface area contributed by atoms with Gasteiger partial charge in [0.1, 0.15) is 0 Å². The summed E-state index contributed by atoms with van der Waals surface area (Å²) in [4.78, 5) is 2.22. The van der Waals surface area contributed by atoms with Crippen molar-refractivity contribution in [3.05, 3.63) is 18.5 Å². The van der Waals surface area contributed by atoms with Crippen LogP contribution in [0.25, 0.3) is 0 Å². The van der Waals surface area contributed by atoms with E-state index in [1.165, 1.54) is 0 Å². The van der Waals surface area contributed by atoms with E-state index in [1.807, 2.05) is 16.9 Å². The third-order valence-corrected chi connectivity index (χ3v) is 2.82. The lowest BCUT2D eigenvalue weighted by atomic mass is 10.3. The maximum Gasteiger partial charge on any atom is 0.0791 e. The third-order valence-electron chi connectivity index (χ3n) is 2.82. The molecule has 0 spiro atoms. The average Bonchev–Trinajstić information content (AvgIpc) is 2.84. The molecule has 1 unspecified atom stereocenters. The zero-order valence-electron chi connectivity index (χ0n) is 10.8. The highest BCUT2D eigenvalue weighted by Crippen LogP contribution is 1.91. The minimum Gasteiger partial charge on any atom is -0.390 e. The normalized spacial score (nSPS) is 13.2. The largest absolute Gasteiger partial charge is 0.390 e. The molecule has 0 aliphatic carbocycles. The molecule has 1 atom stereocenters. The maximum absolute atomic E-state index is 9.81. The Labute approximate surface area is 103 Å². The van der Waals surface area contributed by atoms with Gasteiger partial charge in [0, 0.05) is 32.0 Å². The molecule has 0 aliphatic heterocycles. The van der Waals surface area contributed by atoms with Gasteiger partial charge in [0.2, 0.25) is 0 Å². The quantitative estimate of drug-likeness (QED) is 0.604. The molecule has 0 radical (unpaired) electrons. The van der Waals surface area contributed by atoms with Crippen LogP contribution in [0.5, 0.6) is 0 Å². The summed E-state index contributed by atoms with van der Waals surface area (Å²) < 4.78 is 1.88. The molecule has 2 N–H and O–H groups in total. The summed E-state index contributed by atoms with van der Waals surface area (Å²) in [5.41, 5.74) is 0. The second-order valence-electron chi connectivity index (χ2n) is 4.11. The Morgan fingerprint density at radius 3 is 2.76 bits per heavy atom. The van der Waals surface area contributed by atoms with E-state index in [2.05, 4.69) is 29.2 Å². The highest BCUT2D eigenvalue weighted by atomic mass is 16.3. The first-order valence-electron chi connectivity index (χ1n) is 6.34. The van der Waals surface area contributed by atoms with Crippen molar-refractivity contribution in [1.82, 2.24) is 20.0 Å². The van der Waals surface area contributed by atoms with Gasteiger partial charge in [-0.05, 0) is 19.2 Å². The van der Waals surface area contributed by atoms with Gasteiger partial charge in [0.15, 0.2) is 0 Å². The van der Waals surface area contributed by atoms with Gasteiger partial charge < -0.3 is 15.3 Å². The van der Waals surface area contributed by atoms with E-state index in [0.29, 0.717) is 6.54 Å². The SMILES string of the molecule is CCN(CC)CC(O)CNCCn1cccn1. The predicted octanol–water partition coefficient (Wildman–Crippen LogP) is 0.175. The van der Waals surface area contributed by atoms with Crippen LogP contribution in [-0.2, 0) is 6.54 Å². The fraction of sp³-hybridized carbons (Fsp3) is 0.750. The molecule has 98 valence electrons. The molecule has 0 fully saturated rings. The Kier molecular flexibility index (Phi) is 6.84. The summed E-state index contributed by atoms with van der Waals surface area (Å²) in [6.45, 7) is 9.24. The molecule has 1 rings (SSSR count). The zero-order valence-corrected chi connectivity index (χ0v) is 10.8. The molecule has 1 heterocycles. The number of likely N-dealkylation sites (N-methyl/N-ethyl adjacent to an activating group) is 1. The molecule has 0 saturated heterocycles. The standard InChI is InChI=1S/C12H24N4O/c1-3-15(4-2)11-12(17)10-13-7-9-16-8-5-6-14-16/h5-6,8,12-13,17H,3-4,7,9-11H2,1-2H3. The Bertz CT molecular complexity index is 272. The van der Waals surface area contributed by atoms with Crippen molar-refractivity contribution in [1.29, 1.82) is 0 Å². The van der Waals surface area contributed by atoms with Gasteiger partial charge in [0.25, 0.3) is 0 Å². The number of aliphatic hydroxyl groups is 1. The lowest BCUT2D eigenvalue weighted by Crippen LogP contribution is -2.39. The minimum atomic E-state index is -0.299. The average molecular weight is 240 g/mol. The van der Waals surface area contributed by atoms with Gasteiger partial charge in [-0.1, -0.05) is 13.8 Å². The van der Waals surface area contributed by atoms with Crippen molar-refractivity contribution >= 4 is 0 Å². The van der Waals surface area contributed by atoms with Gasteiger partial charge in [-0.2, -0.15) is 5.10 Å². The van der Waals surface area contributed by atoms with Crippen LogP contribution in [0, 0.1) is 0 Å². The number of aliphatic hydroxyl groups excluding tert-OH is 1. The van der Waals surface area contributed by atoms with Crippen LogP contribution >= 0.6 is 0 Å². The van der Waals surface area contributed by atoms with E-state index in [1.54, 1.807) is 6.20 Å². The molecule has 1 aromatic rings. The minimum absolute atomic E-state index is 0.299. The zero-order chi connectivity index (χ0) is 12.5. The first-order chi connectivity index (χ1) is 8.26. The van der Waals surface area contributed by atoms with Crippen molar-refractivity contribution < 1.29 is 5.11 Å². The number of hydrogen-bond acceptors (Lipinski definition) is 4. The van der Waals surface area contributed by atoms with Gasteiger partial charge >= 0.3 is 0 Å². The van der Waals surface area contributed by atoms with Crippen molar-refractivity contribution in [2.75, 3.05) is 32.7 Å².